The van der Waals surface area contributed by atoms with E-state index in [0.717, 1.165) is 5.56 Å². The summed E-state index contributed by atoms with van der Waals surface area (Å²) in [7, 11) is -3.83. The number of aryl methyl sites for hydroxylation is 1. The number of hydrogen-bond acceptors (Lipinski definition) is 5. The highest BCUT2D eigenvalue weighted by Gasteiger charge is 2.26. The van der Waals surface area contributed by atoms with Gasteiger partial charge in [0.2, 0.25) is 0 Å². The van der Waals surface area contributed by atoms with Gasteiger partial charge < -0.3 is 0 Å². The van der Waals surface area contributed by atoms with Crippen LogP contribution >= 0.6 is 11.6 Å². The molecule has 0 radical (unpaired) electrons. The van der Waals surface area contributed by atoms with E-state index in [2.05, 4.69) is 0 Å². The summed E-state index contributed by atoms with van der Waals surface area (Å²) in [5.74, 6) is -3.35. The van der Waals surface area contributed by atoms with E-state index >= 15 is 0 Å². The lowest BCUT2D eigenvalue weighted by atomic mass is 9.93. The van der Waals surface area contributed by atoms with Gasteiger partial charge in [-0.05, 0) is 36.8 Å². The lowest BCUT2D eigenvalue weighted by molar-refractivity contribution is -0.125. The van der Waals surface area contributed by atoms with Crippen LogP contribution in [0.1, 0.15) is 23.5 Å². The maximum atomic E-state index is 12.3. The van der Waals surface area contributed by atoms with E-state index in [1.165, 1.54) is 18.2 Å². The number of rotatable bonds is 7. The van der Waals surface area contributed by atoms with Gasteiger partial charge in [0.05, 0.1) is 17.4 Å². The fraction of sp³-hybridized carbons (Fsp3) is 0.211. The van der Waals surface area contributed by atoms with Crippen molar-refractivity contribution in [3.05, 3.63) is 64.7 Å². The summed E-state index contributed by atoms with van der Waals surface area (Å²) in [6.07, 6.45) is -0.629. The van der Waals surface area contributed by atoms with Gasteiger partial charge in [-0.2, -0.15) is 5.26 Å². The molecule has 0 spiro atoms. The SMILES string of the molecule is Cc1ccc(S(=O)(=O)CC(=O)CC(=O)C(C#N)c2cccc(Cl)c2)cc1. The lowest BCUT2D eigenvalue weighted by Gasteiger charge is -2.09. The van der Waals surface area contributed by atoms with Crippen molar-refractivity contribution in [3.63, 3.8) is 0 Å². The number of carbonyl (C=O) groups is 2. The predicted molar refractivity (Wildman–Crippen MR) is 97.7 cm³/mol. The molecule has 1 atom stereocenters. The molecule has 0 heterocycles. The first-order valence-electron chi connectivity index (χ1n) is 7.72. The van der Waals surface area contributed by atoms with Crippen LogP contribution in [0.4, 0.5) is 0 Å². The Morgan fingerprint density at radius 2 is 1.81 bits per heavy atom. The molecule has 0 fully saturated rings. The minimum Gasteiger partial charge on any atom is -0.298 e. The average molecular weight is 390 g/mol. The number of hydrogen-bond donors (Lipinski definition) is 0. The van der Waals surface area contributed by atoms with Crippen molar-refractivity contribution in [2.75, 3.05) is 5.75 Å². The molecule has 0 aromatic heterocycles. The number of nitriles is 1. The monoisotopic (exact) mass is 389 g/mol. The molecule has 134 valence electrons. The highest BCUT2D eigenvalue weighted by atomic mass is 35.5. The topological polar surface area (TPSA) is 92.1 Å². The Labute approximate surface area is 157 Å². The van der Waals surface area contributed by atoms with Gasteiger partial charge in [-0.3, -0.25) is 9.59 Å². The van der Waals surface area contributed by atoms with Crippen LogP contribution in [-0.2, 0) is 19.4 Å². The van der Waals surface area contributed by atoms with Crippen LogP contribution in [0.5, 0.6) is 0 Å². The Morgan fingerprint density at radius 1 is 1.15 bits per heavy atom. The molecule has 0 aliphatic rings. The fourth-order valence-electron chi connectivity index (χ4n) is 2.41. The smallest absolute Gasteiger partial charge is 0.185 e. The fourth-order valence-corrected chi connectivity index (χ4v) is 3.85. The van der Waals surface area contributed by atoms with Gasteiger partial charge in [-0.1, -0.05) is 41.4 Å². The first-order chi connectivity index (χ1) is 12.2. The Kier molecular flexibility index (Phi) is 6.30. The van der Waals surface area contributed by atoms with Crippen molar-refractivity contribution in [2.24, 2.45) is 0 Å². The average Bonchev–Trinajstić information content (AvgIpc) is 2.55. The molecular formula is C19H16ClNO4S. The normalized spacial score (nSPS) is 12.2. The number of benzene rings is 2. The van der Waals surface area contributed by atoms with Gasteiger partial charge in [0.15, 0.2) is 21.4 Å². The predicted octanol–water partition coefficient (Wildman–Crippen LogP) is 3.26. The molecule has 1 unspecified atom stereocenters. The summed E-state index contributed by atoms with van der Waals surface area (Å²) >= 11 is 5.86. The standard InChI is InChI=1S/C19H16ClNO4S/c1-13-5-7-17(8-6-13)26(24,25)12-16(22)10-19(23)18(11-21)14-3-2-4-15(20)9-14/h2-9,18H,10,12H2,1H3. The van der Waals surface area contributed by atoms with Crippen molar-refractivity contribution in [1.82, 2.24) is 0 Å². The van der Waals surface area contributed by atoms with Gasteiger partial charge in [0, 0.05) is 5.02 Å². The maximum Gasteiger partial charge on any atom is 0.185 e. The summed E-state index contributed by atoms with van der Waals surface area (Å²) in [5.41, 5.74) is 1.27. The summed E-state index contributed by atoms with van der Waals surface area (Å²) in [4.78, 5) is 24.4. The molecule has 0 amide bonds. The number of nitrogens with zero attached hydrogens (tertiary/aromatic N) is 1. The molecule has 0 saturated heterocycles. The van der Waals surface area contributed by atoms with E-state index in [1.54, 1.807) is 30.3 Å². The highest BCUT2D eigenvalue weighted by molar-refractivity contribution is 7.92. The third-order valence-corrected chi connectivity index (χ3v) is 5.66. The second kappa shape index (κ2) is 8.26. The molecule has 2 aromatic rings. The molecule has 0 aliphatic carbocycles. The van der Waals surface area contributed by atoms with Crippen LogP contribution in [0.2, 0.25) is 5.02 Å². The van der Waals surface area contributed by atoms with Crippen molar-refractivity contribution in [1.29, 1.82) is 5.26 Å². The molecule has 0 aliphatic heterocycles. The first kappa shape index (κ1) is 19.8. The van der Waals surface area contributed by atoms with E-state index in [-0.39, 0.29) is 4.90 Å². The Hall–Kier alpha value is -2.49. The molecule has 0 bridgehead atoms. The van der Waals surface area contributed by atoms with Crippen LogP contribution in [0.3, 0.4) is 0 Å². The zero-order valence-electron chi connectivity index (χ0n) is 14.0. The van der Waals surface area contributed by atoms with Crippen LogP contribution in [-0.4, -0.2) is 25.7 Å². The molecular weight excluding hydrogens is 374 g/mol. The number of Topliss-reactive ketones (excluding diaryl/α,β-unsaturated/α-hetero) is 2. The number of halogens is 1. The van der Waals surface area contributed by atoms with Gasteiger partial charge in [0.1, 0.15) is 11.7 Å². The van der Waals surface area contributed by atoms with Crippen LogP contribution in [0.15, 0.2) is 53.4 Å². The second-order valence-electron chi connectivity index (χ2n) is 5.87. The number of sulfone groups is 1. The quantitative estimate of drug-likeness (QED) is 0.677. The van der Waals surface area contributed by atoms with E-state index in [1.807, 2.05) is 13.0 Å². The minimum atomic E-state index is -3.83. The largest absolute Gasteiger partial charge is 0.298 e. The minimum absolute atomic E-state index is 0.0237. The zero-order valence-corrected chi connectivity index (χ0v) is 15.5. The molecule has 7 heteroatoms. The molecule has 2 aromatic carbocycles. The molecule has 2 rings (SSSR count). The second-order valence-corrected chi connectivity index (χ2v) is 8.30. The molecule has 5 nitrogen and oxygen atoms in total. The third-order valence-electron chi connectivity index (χ3n) is 3.74. The van der Waals surface area contributed by atoms with Crippen LogP contribution in [0, 0.1) is 18.3 Å². The summed E-state index contributed by atoms with van der Waals surface area (Å²) in [5, 5.41) is 9.61. The highest BCUT2D eigenvalue weighted by Crippen LogP contribution is 2.22. The first-order valence-corrected chi connectivity index (χ1v) is 9.75. The number of ketones is 2. The van der Waals surface area contributed by atoms with Crippen LogP contribution < -0.4 is 0 Å². The Balaban J connectivity index is 2.10. The molecule has 0 N–H and O–H groups in total. The molecule has 26 heavy (non-hydrogen) atoms. The molecule has 0 saturated carbocycles. The summed E-state index contributed by atoms with van der Waals surface area (Å²) in [6, 6.07) is 14.2. The van der Waals surface area contributed by atoms with Crippen molar-refractivity contribution in [3.8, 4) is 6.07 Å². The van der Waals surface area contributed by atoms with Gasteiger partial charge in [-0.25, -0.2) is 8.42 Å². The zero-order chi connectivity index (χ0) is 19.3. The lowest BCUT2D eigenvalue weighted by Crippen LogP contribution is -2.22. The van der Waals surface area contributed by atoms with E-state index in [4.69, 9.17) is 11.6 Å². The van der Waals surface area contributed by atoms with Gasteiger partial charge in [-0.15, -0.1) is 0 Å². The van der Waals surface area contributed by atoms with Gasteiger partial charge in [0.25, 0.3) is 0 Å². The Bertz CT molecular complexity index is 975. The van der Waals surface area contributed by atoms with Crippen LogP contribution in [0.25, 0.3) is 0 Å². The van der Waals surface area contributed by atoms with E-state index in [0.29, 0.717) is 10.6 Å². The van der Waals surface area contributed by atoms with Crippen molar-refractivity contribution >= 4 is 33.0 Å². The maximum absolute atomic E-state index is 12.3. The van der Waals surface area contributed by atoms with E-state index < -0.39 is 39.5 Å². The van der Waals surface area contributed by atoms with Gasteiger partial charge >= 0.3 is 0 Å². The summed E-state index contributed by atoms with van der Waals surface area (Å²) < 4.78 is 24.5. The van der Waals surface area contributed by atoms with E-state index in [9.17, 15) is 23.3 Å². The Morgan fingerprint density at radius 3 is 2.38 bits per heavy atom. The van der Waals surface area contributed by atoms with Crippen molar-refractivity contribution < 1.29 is 18.0 Å². The third kappa shape index (κ3) is 5.01. The summed E-state index contributed by atoms with van der Waals surface area (Å²) in [6.45, 7) is 1.82. The van der Waals surface area contributed by atoms with Crippen molar-refractivity contribution in [2.45, 2.75) is 24.2 Å². The number of carbonyl (C=O) groups excluding carboxylic acids is 2.